The van der Waals surface area contributed by atoms with Crippen LogP contribution in [0.25, 0.3) is 32.3 Å². The van der Waals surface area contributed by atoms with Crippen molar-refractivity contribution in [2.24, 2.45) is 0 Å². The monoisotopic (exact) mass is 768 g/mol. The Balaban J connectivity index is 0.00000105. The summed E-state index contributed by atoms with van der Waals surface area (Å²) in [6.07, 6.45) is 1.25. The topological polar surface area (TPSA) is 61.8 Å². The molecule has 0 bridgehead atoms. The van der Waals surface area contributed by atoms with E-state index in [1.165, 1.54) is 44.6 Å². The predicted molar refractivity (Wildman–Crippen MR) is 223 cm³/mol. The van der Waals surface area contributed by atoms with Crippen molar-refractivity contribution >= 4 is 66.4 Å². The molecule has 0 saturated carbocycles. The summed E-state index contributed by atoms with van der Waals surface area (Å²) in [5, 5.41) is 17.0. The summed E-state index contributed by atoms with van der Waals surface area (Å²) in [4.78, 5) is 4.69. The molecule has 1 radical (unpaired) electrons. The Bertz CT molecular complexity index is 2480. The van der Waals surface area contributed by atoms with E-state index in [9.17, 15) is 5.26 Å². The maximum absolute atomic E-state index is 9.77. The van der Waals surface area contributed by atoms with E-state index < -0.39 is 0 Å². The Kier molecular flexibility index (Phi) is 12.4. The fourth-order valence-electron chi connectivity index (χ4n) is 7.17. The quantitative estimate of drug-likeness (QED) is 0.158. The van der Waals surface area contributed by atoms with Gasteiger partial charge in [-0.25, -0.2) is 0 Å². The van der Waals surface area contributed by atoms with Crippen molar-refractivity contribution in [3.05, 3.63) is 169 Å². The molecule has 2 N–H and O–H groups in total. The van der Waals surface area contributed by atoms with Crippen LogP contribution in [0.15, 0.2) is 158 Å². The second-order valence-corrected chi connectivity index (χ2v) is 14.1. The van der Waals surface area contributed by atoms with Gasteiger partial charge in [0.2, 0.25) is 0 Å². The number of para-hydroxylation sites is 3. The second-order valence-electron chi connectivity index (χ2n) is 14.1. The predicted octanol–water partition coefficient (Wildman–Crippen LogP) is 13.3. The Morgan fingerprint density at radius 1 is 0.509 bits per heavy atom. The number of anilines is 6. The summed E-state index contributed by atoms with van der Waals surface area (Å²) in [6, 6.07) is 58.1. The molecule has 8 aromatic carbocycles. The summed E-state index contributed by atoms with van der Waals surface area (Å²) in [7, 11) is 0. The van der Waals surface area contributed by atoms with E-state index in [0.29, 0.717) is 5.56 Å². The minimum Gasteiger partial charge on any atom is -0.412 e. The SMILES string of the molecule is CC(C)(C)c1ccccc1N(c1ccccc1)c1ccc2ccc3c(N(c4ccccc4)c4cccc(C#N)c4)ccc4ccc1c2c43.CCC.O.[Y]. The molecule has 0 spiro atoms. The van der Waals surface area contributed by atoms with Crippen LogP contribution < -0.4 is 9.80 Å². The fraction of sp³-hybridized carbons (Fsp3) is 0.146. The third-order valence-electron chi connectivity index (χ3n) is 9.32. The summed E-state index contributed by atoms with van der Waals surface area (Å²) >= 11 is 0. The first-order valence-corrected chi connectivity index (χ1v) is 17.8. The molecule has 0 aliphatic heterocycles. The van der Waals surface area contributed by atoms with Gasteiger partial charge >= 0.3 is 0 Å². The van der Waals surface area contributed by atoms with Crippen LogP contribution in [-0.4, -0.2) is 5.48 Å². The number of rotatable bonds is 6. The molecular formula is C48H45N3OY. The zero-order chi connectivity index (χ0) is 35.5. The van der Waals surface area contributed by atoms with Crippen molar-refractivity contribution in [3.8, 4) is 6.07 Å². The van der Waals surface area contributed by atoms with Crippen LogP contribution in [0.1, 0.15) is 52.2 Å². The number of hydrogen-bond acceptors (Lipinski definition) is 3. The number of nitrogens with zero attached hydrogens (tertiary/aromatic N) is 3. The maximum Gasteiger partial charge on any atom is 0.0992 e. The molecule has 0 heterocycles. The number of hydrogen-bond donors (Lipinski definition) is 0. The van der Waals surface area contributed by atoms with E-state index in [0.717, 1.165) is 33.8 Å². The standard InChI is InChI=1S/C45H35N3.C3H8.H2O.Y/c1-45(2,3)39-19-10-11-20-42(39)48(35-16-8-5-9-17-35)41-28-24-33-21-25-37-40(27-23-32-22-26-38(41)44(33)43(32)37)47(34-14-6-4-7-15-34)36-18-12-13-31(29-36)30-46;1-3-2;;/h4-29H,1-3H3;3H2,1-2H3;1H2;. The van der Waals surface area contributed by atoms with Gasteiger partial charge in [0.25, 0.3) is 0 Å². The van der Waals surface area contributed by atoms with Gasteiger partial charge in [-0.05, 0) is 93.2 Å². The molecule has 8 rings (SSSR count). The van der Waals surface area contributed by atoms with E-state index in [1.807, 2.05) is 24.3 Å². The maximum atomic E-state index is 9.77. The average Bonchev–Trinajstić information content (AvgIpc) is 3.16. The van der Waals surface area contributed by atoms with Crippen LogP contribution >= 0.6 is 0 Å². The molecule has 0 aliphatic rings. The average molecular weight is 769 g/mol. The van der Waals surface area contributed by atoms with E-state index in [1.54, 1.807) is 0 Å². The van der Waals surface area contributed by atoms with E-state index >= 15 is 0 Å². The van der Waals surface area contributed by atoms with E-state index in [4.69, 9.17) is 0 Å². The Morgan fingerprint density at radius 2 is 0.962 bits per heavy atom. The molecule has 0 aromatic heterocycles. The van der Waals surface area contributed by atoms with E-state index in [-0.39, 0.29) is 43.6 Å². The van der Waals surface area contributed by atoms with Gasteiger partial charge in [0.1, 0.15) is 0 Å². The number of nitriles is 1. The van der Waals surface area contributed by atoms with Gasteiger partial charge in [-0.15, -0.1) is 0 Å². The first-order valence-electron chi connectivity index (χ1n) is 17.8. The van der Waals surface area contributed by atoms with Crippen LogP contribution in [0.4, 0.5) is 34.1 Å². The van der Waals surface area contributed by atoms with Gasteiger partial charge in [0, 0.05) is 66.2 Å². The van der Waals surface area contributed by atoms with Crippen LogP contribution in [0.3, 0.4) is 0 Å². The van der Waals surface area contributed by atoms with Crippen LogP contribution in [-0.2, 0) is 38.1 Å². The molecular weight excluding hydrogens is 723 g/mol. The van der Waals surface area contributed by atoms with Gasteiger partial charge in [-0.1, -0.05) is 138 Å². The van der Waals surface area contributed by atoms with Crippen molar-refractivity contribution in [2.75, 3.05) is 9.80 Å². The summed E-state index contributed by atoms with van der Waals surface area (Å²) < 4.78 is 0. The van der Waals surface area contributed by atoms with Gasteiger partial charge in [0.05, 0.1) is 23.0 Å². The molecule has 4 nitrogen and oxygen atoms in total. The minimum absolute atomic E-state index is 0. The zero-order valence-corrected chi connectivity index (χ0v) is 34.0. The largest absolute Gasteiger partial charge is 0.412 e. The summed E-state index contributed by atoms with van der Waals surface area (Å²) in [6.45, 7) is 11.1. The second kappa shape index (κ2) is 16.7. The number of benzene rings is 8. The van der Waals surface area contributed by atoms with Crippen molar-refractivity contribution < 1.29 is 38.2 Å². The molecule has 5 heteroatoms. The van der Waals surface area contributed by atoms with Crippen molar-refractivity contribution in [2.45, 2.75) is 46.5 Å². The van der Waals surface area contributed by atoms with Gasteiger partial charge < -0.3 is 15.3 Å². The van der Waals surface area contributed by atoms with E-state index in [2.05, 4.69) is 184 Å². The first kappa shape index (κ1) is 39.2. The molecule has 0 atom stereocenters. The Hall–Kier alpha value is -5.05. The molecule has 0 aliphatic carbocycles. The summed E-state index contributed by atoms with van der Waals surface area (Å²) in [5.74, 6) is 0. The van der Waals surface area contributed by atoms with Crippen molar-refractivity contribution in [3.63, 3.8) is 0 Å². The molecule has 261 valence electrons. The van der Waals surface area contributed by atoms with Crippen LogP contribution in [0.5, 0.6) is 0 Å². The van der Waals surface area contributed by atoms with Gasteiger partial charge in [-0.2, -0.15) is 5.26 Å². The Labute approximate surface area is 338 Å². The summed E-state index contributed by atoms with van der Waals surface area (Å²) in [5.41, 5.74) is 8.38. The third kappa shape index (κ3) is 7.57. The molecule has 0 fully saturated rings. The van der Waals surface area contributed by atoms with Crippen molar-refractivity contribution in [1.29, 1.82) is 5.26 Å². The molecule has 8 aromatic rings. The molecule has 0 saturated heterocycles. The molecule has 53 heavy (non-hydrogen) atoms. The zero-order valence-electron chi connectivity index (χ0n) is 31.1. The smallest absolute Gasteiger partial charge is 0.0992 e. The Morgan fingerprint density at radius 3 is 1.49 bits per heavy atom. The van der Waals surface area contributed by atoms with Crippen LogP contribution in [0.2, 0.25) is 0 Å². The van der Waals surface area contributed by atoms with Crippen molar-refractivity contribution in [1.82, 2.24) is 0 Å². The van der Waals surface area contributed by atoms with Crippen LogP contribution in [0, 0.1) is 11.3 Å². The normalized spacial score (nSPS) is 10.9. The minimum atomic E-state index is -0.0495. The molecule has 0 unspecified atom stereocenters. The fourth-order valence-corrected chi connectivity index (χ4v) is 7.17. The molecule has 0 amide bonds. The van der Waals surface area contributed by atoms with Gasteiger partial charge in [-0.3, -0.25) is 0 Å². The third-order valence-corrected chi connectivity index (χ3v) is 9.32. The first-order chi connectivity index (χ1) is 24.8. The van der Waals surface area contributed by atoms with Gasteiger partial charge in [0.15, 0.2) is 0 Å².